The molecular formula is C15H22N4O. The Morgan fingerprint density at radius 1 is 1.25 bits per heavy atom. The summed E-state index contributed by atoms with van der Waals surface area (Å²) < 4.78 is 0. The molecule has 3 heterocycles. The Kier molecular flexibility index (Phi) is 4.16. The SMILES string of the molecule is O=C([C@H]1CCCNC1)N1CCN(c2ccccn2)CC1. The molecule has 108 valence electrons. The van der Waals surface area contributed by atoms with E-state index in [-0.39, 0.29) is 5.92 Å². The first-order chi connectivity index (χ1) is 9.84. The fourth-order valence-corrected chi connectivity index (χ4v) is 3.02. The number of amides is 1. The Balaban J connectivity index is 1.54. The molecule has 2 aliphatic rings. The van der Waals surface area contributed by atoms with Crippen LogP contribution in [0.5, 0.6) is 0 Å². The third-order valence-electron chi connectivity index (χ3n) is 4.21. The van der Waals surface area contributed by atoms with Crippen LogP contribution >= 0.6 is 0 Å². The van der Waals surface area contributed by atoms with E-state index in [1.165, 1.54) is 0 Å². The van der Waals surface area contributed by atoms with Crippen molar-refractivity contribution in [3.63, 3.8) is 0 Å². The number of hydrogen-bond acceptors (Lipinski definition) is 4. The standard InChI is InChI=1S/C15H22N4O/c20-15(13-4-3-6-16-12-13)19-10-8-18(9-11-19)14-5-1-2-7-17-14/h1-2,5,7,13,16H,3-4,6,8-12H2/t13-/m0/s1. The highest BCUT2D eigenvalue weighted by Crippen LogP contribution is 2.17. The Morgan fingerprint density at radius 2 is 2.10 bits per heavy atom. The summed E-state index contributed by atoms with van der Waals surface area (Å²) in [5.41, 5.74) is 0. The van der Waals surface area contributed by atoms with Gasteiger partial charge >= 0.3 is 0 Å². The highest BCUT2D eigenvalue weighted by atomic mass is 16.2. The number of pyridine rings is 1. The number of rotatable bonds is 2. The molecule has 1 amide bonds. The van der Waals surface area contributed by atoms with Crippen molar-refractivity contribution in [3.05, 3.63) is 24.4 Å². The van der Waals surface area contributed by atoms with Crippen molar-refractivity contribution in [1.29, 1.82) is 0 Å². The van der Waals surface area contributed by atoms with E-state index in [1.54, 1.807) is 0 Å². The van der Waals surface area contributed by atoms with E-state index in [2.05, 4.69) is 15.2 Å². The molecule has 1 aromatic heterocycles. The molecule has 1 atom stereocenters. The molecule has 5 nitrogen and oxygen atoms in total. The van der Waals surface area contributed by atoms with Crippen molar-refractivity contribution in [2.45, 2.75) is 12.8 Å². The van der Waals surface area contributed by atoms with Gasteiger partial charge in [-0.3, -0.25) is 4.79 Å². The molecule has 0 aromatic carbocycles. The molecule has 3 rings (SSSR count). The summed E-state index contributed by atoms with van der Waals surface area (Å²) in [6.45, 7) is 5.28. The van der Waals surface area contributed by atoms with Gasteiger partial charge in [0.1, 0.15) is 5.82 Å². The van der Waals surface area contributed by atoms with Crippen molar-refractivity contribution in [3.8, 4) is 0 Å². The summed E-state index contributed by atoms with van der Waals surface area (Å²) in [4.78, 5) is 21.1. The maximum atomic E-state index is 12.4. The van der Waals surface area contributed by atoms with Gasteiger partial charge in [0.25, 0.3) is 0 Å². The molecule has 2 fully saturated rings. The molecule has 2 aliphatic heterocycles. The first-order valence-electron chi connectivity index (χ1n) is 7.50. The first kappa shape index (κ1) is 13.4. The minimum Gasteiger partial charge on any atom is -0.353 e. The second kappa shape index (κ2) is 6.22. The van der Waals surface area contributed by atoms with E-state index in [1.807, 2.05) is 29.3 Å². The second-order valence-corrected chi connectivity index (χ2v) is 5.54. The zero-order valence-corrected chi connectivity index (χ0v) is 11.8. The van der Waals surface area contributed by atoms with Gasteiger partial charge in [-0.25, -0.2) is 4.98 Å². The predicted molar refractivity (Wildman–Crippen MR) is 78.6 cm³/mol. The van der Waals surface area contributed by atoms with Gasteiger partial charge in [0, 0.05) is 38.9 Å². The summed E-state index contributed by atoms with van der Waals surface area (Å²) in [7, 11) is 0. The lowest BCUT2D eigenvalue weighted by atomic mass is 9.98. The van der Waals surface area contributed by atoms with Crippen LogP contribution in [0, 0.1) is 5.92 Å². The van der Waals surface area contributed by atoms with Gasteiger partial charge in [0.05, 0.1) is 5.92 Å². The molecule has 0 saturated carbocycles. The Labute approximate surface area is 120 Å². The number of aromatic nitrogens is 1. The van der Waals surface area contributed by atoms with Crippen LogP contribution in [0.15, 0.2) is 24.4 Å². The average Bonchev–Trinajstić information content (AvgIpc) is 2.56. The Hall–Kier alpha value is -1.62. The molecular weight excluding hydrogens is 252 g/mol. The average molecular weight is 274 g/mol. The predicted octanol–water partition coefficient (Wildman–Crippen LogP) is 0.730. The van der Waals surface area contributed by atoms with E-state index < -0.39 is 0 Å². The molecule has 5 heteroatoms. The molecule has 1 aromatic rings. The molecule has 0 bridgehead atoms. The summed E-state index contributed by atoms with van der Waals surface area (Å²) >= 11 is 0. The van der Waals surface area contributed by atoms with Crippen LogP contribution in [0.4, 0.5) is 5.82 Å². The molecule has 0 unspecified atom stereocenters. The molecule has 2 saturated heterocycles. The quantitative estimate of drug-likeness (QED) is 0.864. The van der Waals surface area contributed by atoms with Gasteiger partial charge in [0.15, 0.2) is 0 Å². The monoisotopic (exact) mass is 274 g/mol. The van der Waals surface area contributed by atoms with E-state index >= 15 is 0 Å². The van der Waals surface area contributed by atoms with Crippen LogP contribution in [0.25, 0.3) is 0 Å². The normalized spacial score (nSPS) is 23.7. The minimum absolute atomic E-state index is 0.185. The molecule has 0 aliphatic carbocycles. The van der Waals surface area contributed by atoms with Gasteiger partial charge in [-0.2, -0.15) is 0 Å². The fraction of sp³-hybridized carbons (Fsp3) is 0.600. The van der Waals surface area contributed by atoms with E-state index in [4.69, 9.17) is 0 Å². The van der Waals surface area contributed by atoms with Crippen LogP contribution in [0.2, 0.25) is 0 Å². The van der Waals surface area contributed by atoms with Crippen LogP contribution < -0.4 is 10.2 Å². The van der Waals surface area contributed by atoms with Gasteiger partial charge in [-0.1, -0.05) is 6.07 Å². The van der Waals surface area contributed by atoms with Gasteiger partial charge in [0.2, 0.25) is 5.91 Å². The number of piperazine rings is 1. The maximum absolute atomic E-state index is 12.4. The second-order valence-electron chi connectivity index (χ2n) is 5.54. The summed E-state index contributed by atoms with van der Waals surface area (Å²) in [5.74, 6) is 1.53. The third-order valence-corrected chi connectivity index (χ3v) is 4.21. The number of nitrogens with zero attached hydrogens (tertiary/aromatic N) is 3. The number of piperidine rings is 1. The number of hydrogen-bond donors (Lipinski definition) is 1. The Morgan fingerprint density at radius 3 is 2.75 bits per heavy atom. The zero-order valence-electron chi connectivity index (χ0n) is 11.8. The zero-order chi connectivity index (χ0) is 13.8. The van der Waals surface area contributed by atoms with E-state index in [0.717, 1.165) is 57.9 Å². The number of carbonyl (C=O) groups excluding carboxylic acids is 1. The summed E-state index contributed by atoms with van der Waals surface area (Å²) in [6, 6.07) is 5.97. The van der Waals surface area contributed by atoms with Crippen molar-refractivity contribution in [2.24, 2.45) is 5.92 Å². The summed E-state index contributed by atoms with van der Waals surface area (Å²) in [5, 5.41) is 3.32. The number of nitrogens with one attached hydrogen (secondary N) is 1. The lowest BCUT2D eigenvalue weighted by Crippen LogP contribution is -2.52. The van der Waals surface area contributed by atoms with Crippen LogP contribution in [-0.2, 0) is 4.79 Å². The minimum atomic E-state index is 0.185. The molecule has 20 heavy (non-hydrogen) atoms. The molecule has 0 radical (unpaired) electrons. The lowest BCUT2D eigenvalue weighted by molar-refractivity contribution is -0.136. The van der Waals surface area contributed by atoms with Crippen molar-refractivity contribution in [1.82, 2.24) is 15.2 Å². The third kappa shape index (κ3) is 2.93. The Bertz CT molecular complexity index is 436. The van der Waals surface area contributed by atoms with E-state index in [9.17, 15) is 4.79 Å². The first-order valence-corrected chi connectivity index (χ1v) is 7.50. The van der Waals surface area contributed by atoms with Gasteiger partial charge in [-0.15, -0.1) is 0 Å². The highest BCUT2D eigenvalue weighted by molar-refractivity contribution is 5.79. The summed E-state index contributed by atoms with van der Waals surface area (Å²) in [6.07, 6.45) is 3.97. The van der Waals surface area contributed by atoms with E-state index in [0.29, 0.717) is 5.91 Å². The van der Waals surface area contributed by atoms with Crippen LogP contribution in [0.1, 0.15) is 12.8 Å². The van der Waals surface area contributed by atoms with Crippen LogP contribution in [0.3, 0.4) is 0 Å². The lowest BCUT2D eigenvalue weighted by Gasteiger charge is -2.37. The van der Waals surface area contributed by atoms with Gasteiger partial charge < -0.3 is 15.1 Å². The fourth-order valence-electron chi connectivity index (χ4n) is 3.02. The smallest absolute Gasteiger partial charge is 0.227 e. The largest absolute Gasteiger partial charge is 0.353 e. The van der Waals surface area contributed by atoms with Crippen molar-refractivity contribution in [2.75, 3.05) is 44.2 Å². The number of anilines is 1. The molecule has 0 spiro atoms. The maximum Gasteiger partial charge on any atom is 0.227 e. The highest BCUT2D eigenvalue weighted by Gasteiger charge is 2.28. The molecule has 1 N–H and O–H groups in total. The van der Waals surface area contributed by atoms with Crippen molar-refractivity contribution < 1.29 is 4.79 Å². The number of carbonyl (C=O) groups is 1. The van der Waals surface area contributed by atoms with Crippen LogP contribution in [-0.4, -0.2) is 55.1 Å². The topological polar surface area (TPSA) is 48.5 Å². The van der Waals surface area contributed by atoms with Gasteiger partial charge in [-0.05, 0) is 31.5 Å². The van der Waals surface area contributed by atoms with Crippen molar-refractivity contribution >= 4 is 11.7 Å².